The van der Waals surface area contributed by atoms with Crippen LogP contribution in [0.15, 0.2) is 23.0 Å². The molecule has 11 atom stereocenters. The van der Waals surface area contributed by atoms with Gasteiger partial charge in [0.05, 0.1) is 32.0 Å². The summed E-state index contributed by atoms with van der Waals surface area (Å²) in [4.78, 5) is 53.8. The maximum absolute atomic E-state index is 14.7. The number of Topliss-reactive ketones (excluding diaryl/α,β-unsaturated/α-hetero) is 1. The van der Waals surface area contributed by atoms with E-state index in [-0.39, 0.29) is 6.42 Å². The van der Waals surface area contributed by atoms with Gasteiger partial charge in [-0.2, -0.15) is 0 Å². The summed E-state index contributed by atoms with van der Waals surface area (Å²) in [5.41, 5.74) is -6.22. The summed E-state index contributed by atoms with van der Waals surface area (Å²) in [6, 6.07) is 1.75. The third kappa shape index (κ3) is 3.33. The van der Waals surface area contributed by atoms with Crippen LogP contribution in [0.4, 0.5) is 0 Å². The summed E-state index contributed by atoms with van der Waals surface area (Å²) in [5, 5.41) is 24.1. The molecule has 2 bridgehead atoms. The number of ether oxygens (including phenoxy) is 4. The van der Waals surface area contributed by atoms with Gasteiger partial charge in [-0.25, -0.2) is 4.79 Å². The molecule has 5 aliphatic rings. The standard InChI is InChI=1S/C31H40O11/c1-14(2)22(34)41-25-27(3,4)20(19(33)23(35)38-7)29(6)16-8-10-28(5)17(31(16)26(42-31)30(25,37)24(29)36)12-18(32)40-21(28)15-9-11-39-13-15/h9,11,13-14,16-17,19-21,25-26,33,37H,8,10,12H2,1-7H3/t16-,17-,19+,20-,21-,25+,26-,28-,29+,30+,31+/m0/s1. The summed E-state index contributed by atoms with van der Waals surface area (Å²) in [6.07, 6.45) is -0.922. The Kier molecular flexibility index (Phi) is 6.20. The van der Waals surface area contributed by atoms with Gasteiger partial charge in [-0.15, -0.1) is 0 Å². The first kappa shape index (κ1) is 29.3. The van der Waals surface area contributed by atoms with Crippen LogP contribution in [0.25, 0.3) is 0 Å². The molecule has 2 aliphatic heterocycles. The molecule has 1 aromatic heterocycles. The molecular formula is C31H40O11. The van der Waals surface area contributed by atoms with Crippen molar-refractivity contribution >= 4 is 23.7 Å². The lowest BCUT2D eigenvalue weighted by Gasteiger charge is -2.67. The number of hydrogen-bond donors (Lipinski definition) is 2. The molecule has 2 N–H and O–H groups in total. The van der Waals surface area contributed by atoms with Gasteiger partial charge in [0, 0.05) is 39.6 Å². The second-order valence-electron chi connectivity index (χ2n) is 14.3. The van der Waals surface area contributed by atoms with Crippen LogP contribution < -0.4 is 0 Å². The lowest BCUT2D eigenvalue weighted by Crippen LogP contribution is -2.81. The highest BCUT2D eigenvalue weighted by molar-refractivity contribution is 5.99. The second-order valence-corrected chi connectivity index (χ2v) is 14.3. The quantitative estimate of drug-likeness (QED) is 0.295. The average molecular weight is 589 g/mol. The van der Waals surface area contributed by atoms with E-state index in [2.05, 4.69) is 0 Å². The Morgan fingerprint density at radius 2 is 1.79 bits per heavy atom. The van der Waals surface area contributed by atoms with E-state index in [1.807, 2.05) is 6.92 Å². The summed E-state index contributed by atoms with van der Waals surface area (Å²) in [6.45, 7) is 10.3. The summed E-state index contributed by atoms with van der Waals surface area (Å²) < 4.78 is 28.6. The molecule has 1 aromatic rings. The predicted octanol–water partition coefficient (Wildman–Crippen LogP) is 2.52. The maximum atomic E-state index is 14.7. The van der Waals surface area contributed by atoms with Crippen molar-refractivity contribution in [3.8, 4) is 0 Å². The summed E-state index contributed by atoms with van der Waals surface area (Å²) >= 11 is 0. The van der Waals surface area contributed by atoms with Crippen molar-refractivity contribution in [3.63, 3.8) is 0 Å². The van der Waals surface area contributed by atoms with Gasteiger partial charge in [-0.05, 0) is 18.9 Å². The van der Waals surface area contributed by atoms with Crippen molar-refractivity contribution in [1.29, 1.82) is 0 Å². The first-order valence-corrected chi connectivity index (χ1v) is 14.7. The molecule has 11 nitrogen and oxygen atoms in total. The van der Waals surface area contributed by atoms with Gasteiger partial charge < -0.3 is 33.6 Å². The number of methoxy groups -OCH3 is 1. The third-order valence-corrected chi connectivity index (χ3v) is 11.6. The molecule has 0 aromatic carbocycles. The molecule has 230 valence electrons. The second kappa shape index (κ2) is 8.89. The number of esters is 3. The number of aliphatic hydroxyl groups is 2. The van der Waals surface area contributed by atoms with Gasteiger partial charge in [0.2, 0.25) is 0 Å². The van der Waals surface area contributed by atoms with Crippen LogP contribution >= 0.6 is 0 Å². The molecular weight excluding hydrogens is 548 g/mol. The molecule has 1 spiro atoms. The molecule has 5 fully saturated rings. The monoisotopic (exact) mass is 588 g/mol. The Morgan fingerprint density at radius 3 is 2.38 bits per heavy atom. The third-order valence-electron chi connectivity index (χ3n) is 11.6. The van der Waals surface area contributed by atoms with Gasteiger partial charge in [-0.1, -0.05) is 41.5 Å². The van der Waals surface area contributed by atoms with Crippen molar-refractivity contribution in [2.45, 2.75) is 96.4 Å². The number of ketones is 1. The van der Waals surface area contributed by atoms with E-state index in [9.17, 15) is 29.4 Å². The van der Waals surface area contributed by atoms with E-state index in [0.29, 0.717) is 18.4 Å². The van der Waals surface area contributed by atoms with Crippen molar-refractivity contribution in [2.75, 3.05) is 7.11 Å². The Labute approximate surface area is 244 Å². The molecule has 0 amide bonds. The minimum atomic E-state index is -2.30. The van der Waals surface area contributed by atoms with Crippen LogP contribution in [-0.2, 0) is 38.1 Å². The lowest BCUT2D eigenvalue weighted by atomic mass is 9.36. The fraction of sp³-hybridized carbons (Fsp3) is 0.742. The zero-order valence-electron chi connectivity index (χ0n) is 25.0. The lowest BCUT2D eigenvalue weighted by molar-refractivity contribution is -0.261. The van der Waals surface area contributed by atoms with Crippen LogP contribution in [0.2, 0.25) is 0 Å². The Hall–Kier alpha value is -2.76. The zero-order valence-corrected chi connectivity index (χ0v) is 25.0. The number of carbonyl (C=O) groups is 4. The average Bonchev–Trinajstić information content (AvgIpc) is 3.41. The normalized spacial score (nSPS) is 45.6. The van der Waals surface area contributed by atoms with E-state index in [1.54, 1.807) is 46.9 Å². The van der Waals surface area contributed by atoms with Crippen molar-refractivity contribution in [1.82, 2.24) is 0 Å². The fourth-order valence-electron chi connectivity index (χ4n) is 9.89. The number of aliphatic hydroxyl groups excluding tert-OH is 1. The maximum Gasteiger partial charge on any atom is 0.335 e. The first-order valence-electron chi connectivity index (χ1n) is 14.7. The zero-order chi connectivity index (χ0) is 30.8. The number of cyclic esters (lactones) is 1. The van der Waals surface area contributed by atoms with E-state index in [1.165, 1.54) is 6.26 Å². The van der Waals surface area contributed by atoms with Crippen molar-refractivity contribution in [2.24, 2.45) is 39.9 Å². The molecule has 11 heteroatoms. The van der Waals surface area contributed by atoms with Gasteiger partial charge in [0.15, 0.2) is 17.5 Å². The Bertz CT molecular complexity index is 1330. The summed E-state index contributed by atoms with van der Waals surface area (Å²) in [5.74, 6) is -5.42. The van der Waals surface area contributed by atoms with Gasteiger partial charge in [-0.3, -0.25) is 14.4 Å². The van der Waals surface area contributed by atoms with E-state index in [0.717, 1.165) is 7.11 Å². The van der Waals surface area contributed by atoms with Gasteiger partial charge in [0.25, 0.3) is 0 Å². The summed E-state index contributed by atoms with van der Waals surface area (Å²) in [7, 11) is 1.15. The molecule has 2 saturated heterocycles. The van der Waals surface area contributed by atoms with Crippen LogP contribution in [0, 0.1) is 39.9 Å². The molecule has 3 saturated carbocycles. The Balaban J connectivity index is 1.55. The minimum absolute atomic E-state index is 0.0116. The molecule has 42 heavy (non-hydrogen) atoms. The van der Waals surface area contributed by atoms with Crippen molar-refractivity contribution in [3.05, 3.63) is 24.2 Å². The number of furan rings is 1. The number of rotatable bonds is 5. The van der Waals surface area contributed by atoms with E-state index >= 15 is 0 Å². The van der Waals surface area contributed by atoms with Gasteiger partial charge >= 0.3 is 17.9 Å². The highest BCUT2D eigenvalue weighted by Gasteiger charge is 2.91. The van der Waals surface area contributed by atoms with E-state index < -0.39 is 99.2 Å². The smallest absolute Gasteiger partial charge is 0.335 e. The minimum Gasteiger partial charge on any atom is -0.472 e. The Morgan fingerprint density at radius 1 is 1.10 bits per heavy atom. The SMILES string of the molecule is COC(=O)[C@H](O)[C@H]1C(C)(C)[C@@H](OC(=O)C(C)C)[C@]2(O)C(=O)[C@]1(C)[C@@H]1CC[C@]3(C)[C@H](c4ccoc4)OC(=O)C[C@@H]3[C@]13O[C@@H]23. The molecule has 6 rings (SSSR count). The van der Waals surface area contributed by atoms with Crippen LogP contribution in [0.3, 0.4) is 0 Å². The van der Waals surface area contributed by atoms with Gasteiger partial charge in [0.1, 0.15) is 23.9 Å². The van der Waals surface area contributed by atoms with Crippen LogP contribution in [-0.4, -0.2) is 70.5 Å². The molecule has 0 unspecified atom stereocenters. The highest BCUT2D eigenvalue weighted by atomic mass is 16.6. The fourth-order valence-corrected chi connectivity index (χ4v) is 9.89. The number of carbonyl (C=O) groups excluding carboxylic acids is 4. The number of fused-ring (bicyclic) bond motifs is 5. The van der Waals surface area contributed by atoms with Crippen LogP contribution in [0.5, 0.6) is 0 Å². The van der Waals surface area contributed by atoms with E-state index in [4.69, 9.17) is 23.4 Å². The first-order chi connectivity index (χ1) is 19.5. The van der Waals surface area contributed by atoms with Crippen molar-refractivity contribution < 1.29 is 52.8 Å². The van der Waals surface area contributed by atoms with Crippen LogP contribution in [0.1, 0.15) is 72.5 Å². The molecule has 3 heterocycles. The molecule has 3 aliphatic carbocycles. The number of hydrogen-bond acceptors (Lipinski definition) is 11. The predicted molar refractivity (Wildman–Crippen MR) is 142 cm³/mol. The molecule has 0 radical (unpaired) electrons. The highest BCUT2D eigenvalue weighted by Crippen LogP contribution is 2.78. The number of epoxide rings is 1. The topological polar surface area (TPSA) is 162 Å². The largest absolute Gasteiger partial charge is 0.472 e.